The Bertz CT molecular complexity index is 550. The molecule has 1 aromatic rings. The van der Waals surface area contributed by atoms with Crippen LogP contribution in [-0.2, 0) is 11.2 Å². The Labute approximate surface area is 165 Å². The van der Waals surface area contributed by atoms with Gasteiger partial charge in [-0.1, -0.05) is 18.6 Å². The number of carbonyl (C=O) groups is 1. The number of carboxylic acid groups (broad SMARTS) is 1. The minimum absolute atomic E-state index is 0.171. The highest BCUT2D eigenvalue weighted by Crippen LogP contribution is 2.19. The van der Waals surface area contributed by atoms with E-state index in [4.69, 9.17) is 28.9 Å². The number of rotatable bonds is 10. The molecule has 26 heavy (non-hydrogen) atoms. The number of carboxylic acids is 1. The molecule has 0 amide bonds. The molecule has 3 atom stereocenters. The van der Waals surface area contributed by atoms with Gasteiger partial charge in [-0.3, -0.25) is 4.79 Å². The van der Waals surface area contributed by atoms with Gasteiger partial charge < -0.3 is 21.1 Å². The summed E-state index contributed by atoms with van der Waals surface area (Å²) in [5.74, 6) is 0.250. The van der Waals surface area contributed by atoms with Crippen molar-refractivity contribution in [1.29, 1.82) is 0 Å². The summed E-state index contributed by atoms with van der Waals surface area (Å²) in [6, 6.07) is 7.72. The first-order valence-corrected chi connectivity index (χ1v) is 10.3. The topological polar surface area (TPSA) is 78.6 Å². The molecule has 0 aliphatic heterocycles. The van der Waals surface area contributed by atoms with Crippen LogP contribution in [0.2, 0.25) is 0 Å². The highest BCUT2D eigenvalue weighted by Gasteiger charge is 2.25. The Balaban J connectivity index is 1.98. The lowest BCUT2D eigenvalue weighted by atomic mass is 9.90. The van der Waals surface area contributed by atoms with Crippen LogP contribution in [0, 0.1) is 0 Å². The molecule has 0 saturated heterocycles. The number of nitrogens with two attached hydrogens (primary N) is 1. The van der Waals surface area contributed by atoms with E-state index in [2.05, 4.69) is 10.2 Å². The van der Waals surface area contributed by atoms with Gasteiger partial charge in [-0.2, -0.15) is 0 Å². The van der Waals surface area contributed by atoms with E-state index in [1.807, 2.05) is 24.3 Å². The SMILES string of the molecule is NC1CCCC(NC(Cc2ccc(N(CCCl)CCCl)cc2)C(=O)O)C1. The van der Waals surface area contributed by atoms with Gasteiger partial charge >= 0.3 is 5.97 Å². The van der Waals surface area contributed by atoms with Crippen LogP contribution in [0.3, 0.4) is 0 Å². The van der Waals surface area contributed by atoms with Crippen LogP contribution in [-0.4, -0.2) is 54.1 Å². The number of alkyl halides is 2. The number of nitrogens with one attached hydrogen (secondary N) is 1. The van der Waals surface area contributed by atoms with Gasteiger partial charge in [0.1, 0.15) is 6.04 Å². The maximum absolute atomic E-state index is 11.7. The van der Waals surface area contributed by atoms with Crippen molar-refractivity contribution in [3.63, 3.8) is 0 Å². The second-order valence-electron chi connectivity index (χ2n) is 6.92. The predicted octanol–water partition coefficient (Wildman–Crippen LogP) is 2.83. The standard InChI is InChI=1S/C19H29Cl2N3O2/c20-8-10-24(11-9-21)17-6-4-14(5-7-17)12-18(19(25)26)23-16-3-1-2-15(22)13-16/h4-7,15-16,18,23H,1-3,8-13,22H2,(H,25,26). The van der Waals surface area contributed by atoms with Gasteiger partial charge in [-0.15, -0.1) is 23.2 Å². The minimum Gasteiger partial charge on any atom is -0.480 e. The molecule has 5 nitrogen and oxygen atoms in total. The van der Waals surface area contributed by atoms with E-state index in [0.717, 1.165) is 50.0 Å². The molecule has 1 aliphatic carbocycles. The average molecular weight is 402 g/mol. The van der Waals surface area contributed by atoms with E-state index in [1.165, 1.54) is 0 Å². The Morgan fingerprint density at radius 3 is 2.42 bits per heavy atom. The van der Waals surface area contributed by atoms with Crippen molar-refractivity contribution in [3.05, 3.63) is 29.8 Å². The zero-order valence-electron chi connectivity index (χ0n) is 15.0. The molecule has 7 heteroatoms. The molecule has 1 fully saturated rings. The highest BCUT2D eigenvalue weighted by atomic mass is 35.5. The van der Waals surface area contributed by atoms with Gasteiger partial charge in [0.25, 0.3) is 0 Å². The van der Waals surface area contributed by atoms with Crippen LogP contribution >= 0.6 is 23.2 Å². The Morgan fingerprint density at radius 1 is 1.23 bits per heavy atom. The summed E-state index contributed by atoms with van der Waals surface area (Å²) in [4.78, 5) is 13.8. The van der Waals surface area contributed by atoms with Crippen molar-refractivity contribution in [1.82, 2.24) is 5.32 Å². The number of hydrogen-bond acceptors (Lipinski definition) is 4. The van der Waals surface area contributed by atoms with Gasteiger partial charge in [0, 0.05) is 42.6 Å². The van der Waals surface area contributed by atoms with E-state index >= 15 is 0 Å². The summed E-state index contributed by atoms with van der Waals surface area (Å²) in [6.45, 7) is 1.46. The van der Waals surface area contributed by atoms with E-state index < -0.39 is 12.0 Å². The zero-order valence-corrected chi connectivity index (χ0v) is 16.6. The van der Waals surface area contributed by atoms with Gasteiger partial charge in [0.05, 0.1) is 0 Å². The van der Waals surface area contributed by atoms with Gasteiger partial charge in [0.2, 0.25) is 0 Å². The molecule has 1 saturated carbocycles. The summed E-state index contributed by atoms with van der Waals surface area (Å²) in [5, 5.41) is 12.9. The van der Waals surface area contributed by atoms with Crippen molar-refractivity contribution in [2.24, 2.45) is 5.73 Å². The summed E-state index contributed by atoms with van der Waals surface area (Å²) in [5.41, 5.74) is 8.05. The number of halogens is 2. The molecule has 1 aromatic carbocycles. The van der Waals surface area contributed by atoms with Crippen molar-refractivity contribution in [2.45, 2.75) is 50.2 Å². The van der Waals surface area contributed by atoms with E-state index in [0.29, 0.717) is 18.2 Å². The maximum Gasteiger partial charge on any atom is 0.321 e. The number of hydrogen-bond donors (Lipinski definition) is 3. The van der Waals surface area contributed by atoms with Crippen molar-refractivity contribution >= 4 is 34.9 Å². The van der Waals surface area contributed by atoms with E-state index in [-0.39, 0.29) is 12.1 Å². The van der Waals surface area contributed by atoms with Crippen LogP contribution in [0.1, 0.15) is 31.2 Å². The molecular weight excluding hydrogens is 373 g/mol. The molecule has 0 bridgehead atoms. The second kappa shape index (κ2) is 11.0. The first-order valence-electron chi connectivity index (χ1n) is 9.23. The number of nitrogens with zero attached hydrogens (tertiary/aromatic N) is 1. The number of aliphatic carboxylic acids is 1. The monoisotopic (exact) mass is 401 g/mol. The summed E-state index contributed by atoms with van der Waals surface area (Å²) >= 11 is 11.7. The van der Waals surface area contributed by atoms with Crippen LogP contribution < -0.4 is 16.0 Å². The van der Waals surface area contributed by atoms with E-state index in [9.17, 15) is 9.90 Å². The number of benzene rings is 1. The highest BCUT2D eigenvalue weighted by molar-refractivity contribution is 6.18. The molecule has 2 rings (SSSR count). The minimum atomic E-state index is -0.820. The Morgan fingerprint density at radius 2 is 1.88 bits per heavy atom. The van der Waals surface area contributed by atoms with Crippen LogP contribution in [0.25, 0.3) is 0 Å². The summed E-state index contributed by atoms with van der Waals surface area (Å²) in [7, 11) is 0. The third-order valence-electron chi connectivity index (χ3n) is 4.90. The third-order valence-corrected chi connectivity index (χ3v) is 5.24. The lowest BCUT2D eigenvalue weighted by Crippen LogP contribution is -2.48. The molecule has 146 valence electrons. The zero-order chi connectivity index (χ0) is 18.9. The van der Waals surface area contributed by atoms with E-state index in [1.54, 1.807) is 0 Å². The normalized spacial score (nSPS) is 21.3. The lowest BCUT2D eigenvalue weighted by molar-refractivity contribution is -0.139. The van der Waals surface area contributed by atoms with Gasteiger partial charge in [0.15, 0.2) is 0 Å². The lowest BCUT2D eigenvalue weighted by Gasteiger charge is -2.30. The fourth-order valence-corrected chi connectivity index (χ4v) is 3.94. The first-order chi connectivity index (χ1) is 12.5. The third kappa shape index (κ3) is 6.62. The Kier molecular flexibility index (Phi) is 8.99. The molecule has 0 radical (unpaired) electrons. The predicted molar refractivity (Wildman–Crippen MR) is 109 cm³/mol. The fraction of sp³-hybridized carbons (Fsp3) is 0.632. The van der Waals surface area contributed by atoms with Crippen LogP contribution in [0.4, 0.5) is 5.69 Å². The van der Waals surface area contributed by atoms with Gasteiger partial charge in [-0.25, -0.2) is 0 Å². The van der Waals surface area contributed by atoms with Crippen molar-refractivity contribution in [2.75, 3.05) is 29.7 Å². The summed E-state index contributed by atoms with van der Waals surface area (Å²) < 4.78 is 0. The molecule has 0 heterocycles. The largest absolute Gasteiger partial charge is 0.480 e. The first kappa shape index (κ1) is 21.3. The smallest absolute Gasteiger partial charge is 0.321 e. The molecule has 3 unspecified atom stereocenters. The molecule has 0 aromatic heterocycles. The fourth-order valence-electron chi connectivity index (χ4n) is 3.53. The molecule has 0 spiro atoms. The maximum atomic E-state index is 11.7. The summed E-state index contributed by atoms with van der Waals surface area (Å²) in [6.07, 6.45) is 4.36. The van der Waals surface area contributed by atoms with Gasteiger partial charge in [-0.05, 0) is 43.4 Å². The van der Waals surface area contributed by atoms with Crippen molar-refractivity contribution < 1.29 is 9.90 Å². The molecular formula is C19H29Cl2N3O2. The second-order valence-corrected chi connectivity index (χ2v) is 7.67. The van der Waals surface area contributed by atoms with Crippen molar-refractivity contribution in [3.8, 4) is 0 Å². The quantitative estimate of drug-likeness (QED) is 0.525. The number of anilines is 1. The Hall–Kier alpha value is -1.01. The molecule has 4 N–H and O–H groups in total. The average Bonchev–Trinajstić information content (AvgIpc) is 2.61. The molecule has 1 aliphatic rings. The van der Waals surface area contributed by atoms with Crippen LogP contribution in [0.15, 0.2) is 24.3 Å². The van der Waals surface area contributed by atoms with Crippen LogP contribution in [0.5, 0.6) is 0 Å².